The molecule has 8 heteroatoms. The minimum absolute atomic E-state index is 0.462. The lowest BCUT2D eigenvalue weighted by Crippen LogP contribution is -2.58. The van der Waals surface area contributed by atoms with Gasteiger partial charge in [0, 0.05) is 11.4 Å². The van der Waals surface area contributed by atoms with Gasteiger partial charge in [-0.05, 0) is 38.1 Å². The van der Waals surface area contributed by atoms with Gasteiger partial charge in [0.25, 0.3) is 0 Å². The van der Waals surface area contributed by atoms with Gasteiger partial charge >= 0.3 is 12.1 Å². The second kappa shape index (κ2) is 7.03. The molecule has 1 unspecified atom stereocenters. The van der Waals surface area contributed by atoms with Crippen molar-refractivity contribution in [2.24, 2.45) is 0 Å². The molecule has 0 radical (unpaired) electrons. The summed E-state index contributed by atoms with van der Waals surface area (Å²) >= 11 is 0. The van der Waals surface area contributed by atoms with Crippen LogP contribution in [0.2, 0.25) is 0 Å². The molecule has 0 aliphatic carbocycles. The van der Waals surface area contributed by atoms with Crippen molar-refractivity contribution in [3.63, 3.8) is 0 Å². The zero-order valence-corrected chi connectivity index (χ0v) is 14.5. The van der Waals surface area contributed by atoms with Crippen molar-refractivity contribution < 1.29 is 14.8 Å². The second-order valence-electron chi connectivity index (χ2n) is 6.44. The van der Waals surface area contributed by atoms with Crippen molar-refractivity contribution in [3.8, 4) is 0 Å². The maximum Gasteiger partial charge on any atom is 0.345 e. The predicted molar refractivity (Wildman–Crippen MR) is 97.5 cm³/mol. The van der Waals surface area contributed by atoms with E-state index in [0.29, 0.717) is 11.4 Å². The summed E-state index contributed by atoms with van der Waals surface area (Å²) < 4.78 is 0. The Morgan fingerprint density at radius 3 is 2.19 bits per heavy atom. The number of anilines is 2. The molecule has 4 amide bonds. The number of para-hydroxylation sites is 2. The third-order valence-electron chi connectivity index (χ3n) is 4.30. The topological polar surface area (TPSA) is 96.9 Å². The number of urea groups is 2. The van der Waals surface area contributed by atoms with E-state index in [0.717, 1.165) is 0 Å². The Morgan fingerprint density at radius 1 is 1.04 bits per heavy atom. The Kier molecular flexibility index (Phi) is 4.79. The number of amides is 4. The molecule has 3 rings (SSSR count). The summed E-state index contributed by atoms with van der Waals surface area (Å²) in [4.78, 5) is 26.7. The quantitative estimate of drug-likeness (QED) is 0.634. The summed E-state index contributed by atoms with van der Waals surface area (Å²) in [5.41, 5.74) is 5.03. The van der Waals surface area contributed by atoms with E-state index in [9.17, 15) is 14.8 Å². The van der Waals surface area contributed by atoms with Gasteiger partial charge in [0.15, 0.2) is 0 Å². The van der Waals surface area contributed by atoms with Crippen molar-refractivity contribution >= 4 is 23.4 Å². The molecule has 1 aliphatic heterocycles. The maximum absolute atomic E-state index is 12.9. The molecule has 26 heavy (non-hydrogen) atoms. The maximum atomic E-state index is 12.9. The van der Waals surface area contributed by atoms with Crippen LogP contribution in [-0.4, -0.2) is 34.0 Å². The molecule has 0 saturated carbocycles. The summed E-state index contributed by atoms with van der Waals surface area (Å²) in [5.74, 6) is 0. The van der Waals surface area contributed by atoms with E-state index in [1.165, 1.54) is 9.91 Å². The fourth-order valence-corrected chi connectivity index (χ4v) is 2.94. The molecule has 0 spiro atoms. The van der Waals surface area contributed by atoms with Gasteiger partial charge in [0.1, 0.15) is 6.17 Å². The number of benzene rings is 2. The molecule has 1 aliphatic rings. The first-order valence-electron chi connectivity index (χ1n) is 8.16. The van der Waals surface area contributed by atoms with Crippen LogP contribution in [0.25, 0.3) is 0 Å². The van der Waals surface area contributed by atoms with Gasteiger partial charge < -0.3 is 10.5 Å². The number of carbonyl (C=O) groups is 2. The molecule has 8 nitrogen and oxygen atoms in total. The Labute approximate surface area is 151 Å². The van der Waals surface area contributed by atoms with Gasteiger partial charge in [-0.1, -0.05) is 36.4 Å². The Hall–Kier alpha value is -3.10. The highest BCUT2D eigenvalue weighted by Crippen LogP contribution is 2.33. The number of nitrogens with zero attached hydrogens (tertiary/aromatic N) is 2. The second-order valence-corrected chi connectivity index (χ2v) is 6.44. The SMILES string of the molecule is CC1(C)C(NO)N(c2ccccc2)C(=O)N1NC(=O)Nc1ccccc1. The molecule has 1 fully saturated rings. The van der Waals surface area contributed by atoms with E-state index in [1.54, 1.807) is 62.4 Å². The standard InChI is InChI=1S/C18H21N5O3/c1-18(2)15(21-26)22(14-11-7-4-8-12-14)17(25)23(18)20-16(24)19-13-9-5-3-6-10-13/h3-12,15,21,26H,1-2H3,(H2,19,20,24). The zero-order valence-electron chi connectivity index (χ0n) is 14.5. The number of hydrogen-bond donors (Lipinski definition) is 4. The third kappa shape index (κ3) is 3.19. The van der Waals surface area contributed by atoms with E-state index in [4.69, 9.17) is 0 Å². The first-order chi connectivity index (χ1) is 12.4. The van der Waals surface area contributed by atoms with Crippen molar-refractivity contribution in [1.82, 2.24) is 15.9 Å². The van der Waals surface area contributed by atoms with Gasteiger partial charge in [0.2, 0.25) is 0 Å². The highest BCUT2D eigenvalue weighted by atomic mass is 16.5. The van der Waals surface area contributed by atoms with Crippen LogP contribution in [-0.2, 0) is 0 Å². The molecular formula is C18H21N5O3. The van der Waals surface area contributed by atoms with Crippen molar-refractivity contribution in [3.05, 3.63) is 60.7 Å². The van der Waals surface area contributed by atoms with Crippen LogP contribution < -0.4 is 21.1 Å². The number of hydrogen-bond acceptors (Lipinski definition) is 4. The van der Waals surface area contributed by atoms with Gasteiger partial charge in [-0.2, -0.15) is 5.48 Å². The number of hydrazine groups is 1. The van der Waals surface area contributed by atoms with Crippen molar-refractivity contribution in [2.45, 2.75) is 25.6 Å². The molecule has 136 valence electrons. The van der Waals surface area contributed by atoms with Crippen LogP contribution in [0.3, 0.4) is 0 Å². The van der Waals surface area contributed by atoms with Crippen LogP contribution in [0.4, 0.5) is 21.0 Å². The number of hydroxylamine groups is 1. The van der Waals surface area contributed by atoms with Crippen LogP contribution in [0.15, 0.2) is 60.7 Å². The van der Waals surface area contributed by atoms with Gasteiger partial charge in [-0.3, -0.25) is 4.90 Å². The zero-order chi connectivity index (χ0) is 18.7. The van der Waals surface area contributed by atoms with E-state index in [2.05, 4.69) is 16.2 Å². The van der Waals surface area contributed by atoms with Gasteiger partial charge in [0.05, 0.1) is 5.54 Å². The summed E-state index contributed by atoms with van der Waals surface area (Å²) in [6.07, 6.45) is -0.755. The fraction of sp³-hybridized carbons (Fsp3) is 0.222. The highest BCUT2D eigenvalue weighted by Gasteiger charge is 2.53. The summed E-state index contributed by atoms with van der Waals surface area (Å²) in [6.45, 7) is 3.48. The lowest BCUT2D eigenvalue weighted by atomic mass is 10.0. The lowest BCUT2D eigenvalue weighted by Gasteiger charge is -2.33. The number of nitrogens with one attached hydrogen (secondary N) is 3. The average Bonchev–Trinajstić information content (AvgIpc) is 2.83. The summed E-state index contributed by atoms with van der Waals surface area (Å²) in [6, 6.07) is 16.8. The molecule has 0 aromatic heterocycles. The Balaban J connectivity index is 1.82. The average molecular weight is 355 g/mol. The molecule has 1 heterocycles. The molecule has 1 saturated heterocycles. The minimum Gasteiger partial charge on any atom is -0.315 e. The van der Waals surface area contributed by atoms with Crippen LogP contribution >= 0.6 is 0 Å². The predicted octanol–water partition coefficient (Wildman–Crippen LogP) is 2.75. The van der Waals surface area contributed by atoms with Gasteiger partial charge in [-0.15, -0.1) is 0 Å². The monoisotopic (exact) mass is 355 g/mol. The van der Waals surface area contributed by atoms with Crippen molar-refractivity contribution in [1.29, 1.82) is 0 Å². The normalized spacial score (nSPS) is 18.7. The Morgan fingerprint density at radius 2 is 1.62 bits per heavy atom. The van der Waals surface area contributed by atoms with Gasteiger partial charge in [-0.25, -0.2) is 20.0 Å². The lowest BCUT2D eigenvalue weighted by molar-refractivity contribution is 0.0562. The van der Waals surface area contributed by atoms with Crippen LogP contribution in [0.5, 0.6) is 0 Å². The fourth-order valence-electron chi connectivity index (χ4n) is 2.94. The number of rotatable bonds is 4. The Bertz CT molecular complexity index is 782. The highest BCUT2D eigenvalue weighted by molar-refractivity contribution is 5.98. The van der Waals surface area contributed by atoms with Crippen molar-refractivity contribution in [2.75, 3.05) is 10.2 Å². The first-order valence-corrected chi connectivity index (χ1v) is 8.16. The molecule has 4 N–H and O–H groups in total. The van der Waals surface area contributed by atoms with Crippen LogP contribution in [0, 0.1) is 0 Å². The molecule has 2 aromatic carbocycles. The molecular weight excluding hydrogens is 334 g/mol. The first kappa shape index (κ1) is 17.7. The van der Waals surface area contributed by atoms with E-state index in [-0.39, 0.29) is 0 Å². The minimum atomic E-state index is -0.921. The smallest absolute Gasteiger partial charge is 0.315 e. The third-order valence-corrected chi connectivity index (χ3v) is 4.30. The molecule has 0 bridgehead atoms. The largest absolute Gasteiger partial charge is 0.345 e. The van der Waals surface area contributed by atoms with Crippen LogP contribution in [0.1, 0.15) is 13.8 Å². The van der Waals surface area contributed by atoms with E-state index < -0.39 is 23.8 Å². The van der Waals surface area contributed by atoms with E-state index in [1.807, 2.05) is 12.1 Å². The molecule has 1 atom stereocenters. The summed E-state index contributed by atoms with van der Waals surface area (Å²) in [7, 11) is 0. The number of carbonyl (C=O) groups excluding carboxylic acids is 2. The molecule has 2 aromatic rings. The summed E-state index contributed by atoms with van der Waals surface area (Å²) in [5, 5.41) is 13.5. The van der Waals surface area contributed by atoms with E-state index >= 15 is 0 Å².